The van der Waals surface area contributed by atoms with Gasteiger partial charge < -0.3 is 14.2 Å². The minimum absolute atomic E-state index is 0.0729. The third-order valence-electron chi connectivity index (χ3n) is 3.70. The number of rotatable bonds is 6. The summed E-state index contributed by atoms with van der Waals surface area (Å²) in [5.41, 5.74) is 0.234. The largest absolute Gasteiger partial charge is 0.444 e. The molecule has 2 N–H and O–H groups in total. The highest BCUT2D eigenvalue weighted by molar-refractivity contribution is 5.94. The number of esters is 1. The molecule has 1 aromatic rings. The van der Waals surface area contributed by atoms with Crippen LogP contribution in [0, 0.1) is 0 Å². The van der Waals surface area contributed by atoms with Gasteiger partial charge in [0.15, 0.2) is 0 Å². The number of hydrogen-bond acceptors (Lipinski definition) is 7. The van der Waals surface area contributed by atoms with Crippen molar-refractivity contribution in [2.75, 3.05) is 0 Å². The zero-order valence-electron chi connectivity index (χ0n) is 16.0. The fourth-order valence-corrected chi connectivity index (χ4v) is 2.49. The minimum atomic E-state index is -0.822. The number of hydrogen-bond donors (Lipinski definition) is 2. The van der Waals surface area contributed by atoms with E-state index in [0.717, 1.165) is 5.56 Å². The van der Waals surface area contributed by atoms with E-state index in [0.29, 0.717) is 0 Å². The second kappa shape index (κ2) is 8.96. The van der Waals surface area contributed by atoms with Gasteiger partial charge >= 0.3 is 12.1 Å². The summed E-state index contributed by atoms with van der Waals surface area (Å²) in [5, 5.41) is 5.14. The summed E-state index contributed by atoms with van der Waals surface area (Å²) >= 11 is 0. The van der Waals surface area contributed by atoms with Crippen LogP contribution in [0.4, 0.5) is 4.79 Å². The van der Waals surface area contributed by atoms with Crippen molar-refractivity contribution in [3.8, 4) is 0 Å². The first-order chi connectivity index (χ1) is 12.6. The molecule has 2 unspecified atom stereocenters. The smallest absolute Gasteiger partial charge is 0.414 e. The molecule has 0 bridgehead atoms. The lowest BCUT2D eigenvalue weighted by Crippen LogP contribution is -2.51. The van der Waals surface area contributed by atoms with Crippen molar-refractivity contribution in [3.05, 3.63) is 35.9 Å². The van der Waals surface area contributed by atoms with Crippen molar-refractivity contribution in [2.24, 2.45) is 0 Å². The standard InChI is InChI=1S/C19H26N2O6/c1-12(16(23)21-18(24)27-19(2,3)4)20-14-10-15(22)26-17(14)25-11-13-8-6-5-7-9-13/h5-9,12,14,17,20H,10-11H2,1-4H3,(H,21,23,24)/t12-,14?,17?/m0/s1. The predicted molar refractivity (Wildman–Crippen MR) is 96.5 cm³/mol. The Bertz CT molecular complexity index is 671. The second-order valence-corrected chi connectivity index (χ2v) is 7.34. The highest BCUT2D eigenvalue weighted by Crippen LogP contribution is 2.18. The van der Waals surface area contributed by atoms with E-state index in [1.807, 2.05) is 30.3 Å². The predicted octanol–water partition coefficient (Wildman–Crippen LogP) is 1.87. The molecule has 8 nitrogen and oxygen atoms in total. The normalized spacial score (nSPS) is 20.7. The van der Waals surface area contributed by atoms with Gasteiger partial charge in [-0.3, -0.25) is 20.2 Å². The molecule has 3 atom stereocenters. The molecular weight excluding hydrogens is 352 g/mol. The quantitative estimate of drug-likeness (QED) is 0.729. The second-order valence-electron chi connectivity index (χ2n) is 7.34. The fraction of sp³-hybridized carbons (Fsp3) is 0.526. The number of imide groups is 1. The van der Waals surface area contributed by atoms with E-state index in [-0.39, 0.29) is 13.0 Å². The van der Waals surface area contributed by atoms with E-state index in [2.05, 4.69) is 10.6 Å². The molecule has 0 aromatic heterocycles. The number of amides is 2. The Morgan fingerprint density at radius 2 is 1.93 bits per heavy atom. The van der Waals surface area contributed by atoms with Crippen molar-refractivity contribution in [3.63, 3.8) is 0 Å². The lowest BCUT2D eigenvalue weighted by atomic mass is 10.2. The maximum atomic E-state index is 12.2. The van der Waals surface area contributed by atoms with E-state index >= 15 is 0 Å². The monoisotopic (exact) mass is 378 g/mol. The number of nitrogens with one attached hydrogen (secondary N) is 2. The van der Waals surface area contributed by atoms with Crippen LogP contribution in [0.15, 0.2) is 30.3 Å². The number of carbonyl (C=O) groups is 3. The zero-order chi connectivity index (χ0) is 20.0. The molecule has 2 rings (SSSR count). The summed E-state index contributed by atoms with van der Waals surface area (Å²) in [7, 11) is 0. The first-order valence-electron chi connectivity index (χ1n) is 8.79. The van der Waals surface area contributed by atoms with Gasteiger partial charge in [-0.2, -0.15) is 0 Å². The molecule has 1 aromatic carbocycles. The summed E-state index contributed by atoms with van der Waals surface area (Å²) in [5.74, 6) is -0.976. The van der Waals surface area contributed by atoms with Gasteiger partial charge in [0.05, 0.1) is 25.1 Å². The van der Waals surface area contributed by atoms with Crippen molar-refractivity contribution in [1.82, 2.24) is 10.6 Å². The molecule has 1 fully saturated rings. The first kappa shape index (κ1) is 20.9. The molecule has 0 radical (unpaired) electrons. The number of ether oxygens (including phenoxy) is 3. The van der Waals surface area contributed by atoms with Crippen molar-refractivity contribution in [2.45, 2.75) is 64.7 Å². The molecular formula is C19H26N2O6. The maximum absolute atomic E-state index is 12.2. The van der Waals surface area contributed by atoms with Crippen LogP contribution in [0.3, 0.4) is 0 Å². The molecule has 148 valence electrons. The SMILES string of the molecule is C[C@H](NC1CC(=O)OC1OCc1ccccc1)C(=O)NC(=O)OC(C)(C)C. The van der Waals surface area contributed by atoms with E-state index in [4.69, 9.17) is 14.2 Å². The fourth-order valence-electron chi connectivity index (χ4n) is 2.49. The van der Waals surface area contributed by atoms with E-state index in [1.54, 1.807) is 27.7 Å². The molecule has 0 aliphatic carbocycles. The van der Waals surface area contributed by atoms with Gasteiger partial charge in [0.2, 0.25) is 12.2 Å². The van der Waals surface area contributed by atoms with Crippen LogP contribution in [-0.2, 0) is 30.4 Å². The van der Waals surface area contributed by atoms with Crippen LogP contribution in [0.1, 0.15) is 39.7 Å². The van der Waals surface area contributed by atoms with Crippen molar-refractivity contribution < 1.29 is 28.6 Å². The van der Waals surface area contributed by atoms with E-state index in [9.17, 15) is 14.4 Å². The number of alkyl carbamates (subject to hydrolysis) is 1. The molecule has 0 saturated carbocycles. The molecule has 1 saturated heterocycles. The molecule has 1 aliphatic rings. The molecule has 0 spiro atoms. The molecule has 8 heteroatoms. The van der Waals surface area contributed by atoms with Crippen molar-refractivity contribution in [1.29, 1.82) is 0 Å². The summed E-state index contributed by atoms with van der Waals surface area (Å²) in [6.45, 7) is 6.96. The summed E-state index contributed by atoms with van der Waals surface area (Å²) < 4.78 is 15.9. The average molecular weight is 378 g/mol. The Balaban J connectivity index is 1.86. The topological polar surface area (TPSA) is 103 Å². The Labute approximate surface area is 158 Å². The Morgan fingerprint density at radius 3 is 2.56 bits per heavy atom. The molecule has 27 heavy (non-hydrogen) atoms. The molecule has 1 aliphatic heterocycles. The summed E-state index contributed by atoms with van der Waals surface area (Å²) in [6.07, 6.45) is -1.56. The zero-order valence-corrected chi connectivity index (χ0v) is 16.0. The van der Waals surface area contributed by atoms with Crippen LogP contribution in [0.5, 0.6) is 0 Å². The summed E-state index contributed by atoms with van der Waals surface area (Å²) in [6, 6.07) is 8.22. The minimum Gasteiger partial charge on any atom is -0.444 e. The average Bonchev–Trinajstić information content (AvgIpc) is 2.91. The van der Waals surface area contributed by atoms with Gasteiger partial charge in [-0.05, 0) is 33.3 Å². The Hall–Kier alpha value is -2.45. The van der Waals surface area contributed by atoms with Gasteiger partial charge in [-0.25, -0.2) is 4.79 Å². The molecule has 1 heterocycles. The van der Waals surface area contributed by atoms with Crippen LogP contribution in [-0.4, -0.2) is 41.9 Å². The van der Waals surface area contributed by atoms with E-state index in [1.165, 1.54) is 0 Å². The van der Waals surface area contributed by atoms with Gasteiger partial charge in [0, 0.05) is 0 Å². The number of carbonyl (C=O) groups excluding carboxylic acids is 3. The number of cyclic esters (lactones) is 1. The summed E-state index contributed by atoms with van der Waals surface area (Å²) in [4.78, 5) is 35.5. The van der Waals surface area contributed by atoms with Gasteiger partial charge in [0.25, 0.3) is 0 Å². The van der Waals surface area contributed by atoms with Gasteiger partial charge in [-0.15, -0.1) is 0 Å². The van der Waals surface area contributed by atoms with Crippen LogP contribution >= 0.6 is 0 Å². The lowest BCUT2D eigenvalue weighted by Gasteiger charge is -2.23. The number of benzene rings is 1. The van der Waals surface area contributed by atoms with E-state index < -0.39 is 41.9 Å². The highest BCUT2D eigenvalue weighted by Gasteiger charge is 2.37. The van der Waals surface area contributed by atoms with Crippen LogP contribution in [0.2, 0.25) is 0 Å². The van der Waals surface area contributed by atoms with Crippen molar-refractivity contribution >= 4 is 18.0 Å². The third-order valence-corrected chi connectivity index (χ3v) is 3.70. The van der Waals surface area contributed by atoms with Gasteiger partial charge in [-0.1, -0.05) is 30.3 Å². The van der Waals surface area contributed by atoms with Gasteiger partial charge in [0.1, 0.15) is 5.60 Å². The lowest BCUT2D eigenvalue weighted by molar-refractivity contribution is -0.167. The Morgan fingerprint density at radius 1 is 1.26 bits per heavy atom. The van der Waals surface area contributed by atoms with Crippen LogP contribution < -0.4 is 10.6 Å². The highest BCUT2D eigenvalue weighted by atomic mass is 16.7. The maximum Gasteiger partial charge on any atom is 0.414 e. The third kappa shape index (κ3) is 6.99. The molecule has 2 amide bonds. The van der Waals surface area contributed by atoms with Crippen LogP contribution in [0.25, 0.3) is 0 Å². The Kier molecular flexibility index (Phi) is 6.92. The first-order valence-corrected chi connectivity index (χ1v) is 8.79.